The van der Waals surface area contributed by atoms with Crippen LogP contribution in [0.3, 0.4) is 0 Å². The number of hydrogen-bond acceptors (Lipinski definition) is 5. The average molecular weight is 320 g/mol. The molecule has 0 N–H and O–H groups in total. The van der Waals surface area contributed by atoms with E-state index in [4.69, 9.17) is 4.74 Å². The first-order chi connectivity index (χ1) is 11.1. The molecular formula is C17H24N2O4. The Bertz CT molecular complexity index is 521. The van der Waals surface area contributed by atoms with Crippen LogP contribution in [0.15, 0.2) is 30.3 Å². The fraction of sp³-hybridized carbons (Fsp3) is 0.588. The molecule has 0 saturated carbocycles. The van der Waals surface area contributed by atoms with Gasteiger partial charge in [-0.1, -0.05) is 30.3 Å². The molecule has 0 aromatic heterocycles. The highest BCUT2D eigenvalue weighted by atomic mass is 16.6. The molecule has 6 nitrogen and oxygen atoms in total. The van der Waals surface area contributed by atoms with Crippen molar-refractivity contribution in [2.75, 3.05) is 26.2 Å². The zero-order valence-electron chi connectivity index (χ0n) is 13.5. The maximum atomic E-state index is 12.1. The number of rotatable bonds is 7. The first-order valence-electron chi connectivity index (χ1n) is 8.15. The topological polar surface area (TPSA) is 72.7 Å². The molecule has 1 aromatic carbocycles. The molecule has 0 spiro atoms. The molecule has 0 radical (unpaired) electrons. The Morgan fingerprint density at radius 2 is 2.17 bits per heavy atom. The van der Waals surface area contributed by atoms with E-state index in [1.807, 2.05) is 18.2 Å². The van der Waals surface area contributed by atoms with Gasteiger partial charge < -0.3 is 4.74 Å². The monoisotopic (exact) mass is 320 g/mol. The van der Waals surface area contributed by atoms with E-state index in [9.17, 15) is 14.9 Å². The van der Waals surface area contributed by atoms with Crippen molar-refractivity contribution in [2.24, 2.45) is 11.8 Å². The molecule has 1 saturated heterocycles. The molecule has 1 heterocycles. The van der Waals surface area contributed by atoms with Crippen LogP contribution in [-0.2, 0) is 16.1 Å². The number of nitro groups is 1. The molecule has 1 aliphatic rings. The Hall–Kier alpha value is -1.95. The quantitative estimate of drug-likeness (QED) is 0.438. The molecule has 2 rings (SSSR count). The van der Waals surface area contributed by atoms with Gasteiger partial charge in [-0.25, -0.2) is 0 Å². The second-order valence-electron chi connectivity index (χ2n) is 6.00. The van der Waals surface area contributed by atoms with Crippen LogP contribution in [0.2, 0.25) is 0 Å². The van der Waals surface area contributed by atoms with Gasteiger partial charge in [-0.05, 0) is 37.8 Å². The summed E-state index contributed by atoms with van der Waals surface area (Å²) in [6, 6.07) is 10.1. The Morgan fingerprint density at radius 3 is 2.83 bits per heavy atom. The standard InChI is InChI=1S/C17H24N2O4/c1-2-23-17(20)16(13-19(21)22)15-9-6-10-18(12-15)11-14-7-4-3-5-8-14/h3-5,7-8,15-16H,2,6,9-13H2,1H3/t15-,16+/m0/s1. The third-order valence-electron chi connectivity index (χ3n) is 4.30. The highest BCUT2D eigenvalue weighted by Crippen LogP contribution is 2.26. The van der Waals surface area contributed by atoms with Gasteiger partial charge in [0.15, 0.2) is 0 Å². The highest BCUT2D eigenvalue weighted by molar-refractivity contribution is 5.73. The summed E-state index contributed by atoms with van der Waals surface area (Å²) in [5.74, 6) is -1.10. The molecule has 2 atom stereocenters. The lowest BCUT2D eigenvalue weighted by molar-refractivity contribution is -0.488. The van der Waals surface area contributed by atoms with Gasteiger partial charge in [0.2, 0.25) is 6.54 Å². The summed E-state index contributed by atoms with van der Waals surface area (Å²) >= 11 is 0. The number of likely N-dealkylation sites (tertiary alicyclic amines) is 1. The van der Waals surface area contributed by atoms with Crippen molar-refractivity contribution in [3.63, 3.8) is 0 Å². The van der Waals surface area contributed by atoms with Crippen LogP contribution in [0.1, 0.15) is 25.3 Å². The Labute approximate surface area is 136 Å². The van der Waals surface area contributed by atoms with Crippen molar-refractivity contribution in [3.05, 3.63) is 46.0 Å². The highest BCUT2D eigenvalue weighted by Gasteiger charge is 2.36. The van der Waals surface area contributed by atoms with E-state index in [1.165, 1.54) is 5.56 Å². The molecule has 23 heavy (non-hydrogen) atoms. The van der Waals surface area contributed by atoms with E-state index >= 15 is 0 Å². The maximum Gasteiger partial charge on any atom is 0.315 e. The summed E-state index contributed by atoms with van der Waals surface area (Å²) < 4.78 is 5.05. The molecule has 1 aromatic rings. The average Bonchev–Trinajstić information content (AvgIpc) is 2.54. The van der Waals surface area contributed by atoms with Gasteiger partial charge in [-0.15, -0.1) is 0 Å². The second kappa shape index (κ2) is 8.62. The van der Waals surface area contributed by atoms with Gasteiger partial charge in [-0.3, -0.25) is 19.8 Å². The minimum atomic E-state index is -0.650. The predicted octanol–water partition coefficient (Wildman–Crippen LogP) is 2.35. The van der Waals surface area contributed by atoms with Crippen LogP contribution in [0.4, 0.5) is 0 Å². The fourth-order valence-electron chi connectivity index (χ4n) is 3.23. The molecule has 0 bridgehead atoms. The van der Waals surface area contributed by atoms with Crippen LogP contribution in [0, 0.1) is 22.0 Å². The minimum Gasteiger partial charge on any atom is -0.466 e. The summed E-state index contributed by atoms with van der Waals surface area (Å²) in [5, 5.41) is 10.9. The van der Waals surface area contributed by atoms with E-state index in [2.05, 4.69) is 17.0 Å². The lowest BCUT2D eigenvalue weighted by Gasteiger charge is -2.35. The van der Waals surface area contributed by atoms with E-state index < -0.39 is 16.8 Å². The van der Waals surface area contributed by atoms with E-state index in [0.717, 1.165) is 25.9 Å². The van der Waals surface area contributed by atoms with Crippen molar-refractivity contribution in [1.29, 1.82) is 0 Å². The number of benzene rings is 1. The number of nitrogens with zero attached hydrogens (tertiary/aromatic N) is 2. The lowest BCUT2D eigenvalue weighted by Crippen LogP contribution is -2.42. The third kappa shape index (κ3) is 5.32. The van der Waals surface area contributed by atoms with Gasteiger partial charge in [0, 0.05) is 18.0 Å². The largest absolute Gasteiger partial charge is 0.466 e. The molecule has 1 aliphatic heterocycles. The van der Waals surface area contributed by atoms with Gasteiger partial charge in [0.25, 0.3) is 0 Å². The number of carbonyl (C=O) groups excluding carboxylic acids is 1. The number of esters is 1. The fourth-order valence-corrected chi connectivity index (χ4v) is 3.23. The molecule has 126 valence electrons. The van der Waals surface area contributed by atoms with Crippen molar-refractivity contribution < 1.29 is 14.5 Å². The van der Waals surface area contributed by atoms with E-state index in [-0.39, 0.29) is 19.1 Å². The Balaban J connectivity index is 2.01. The molecule has 0 aliphatic carbocycles. The third-order valence-corrected chi connectivity index (χ3v) is 4.30. The first-order valence-corrected chi connectivity index (χ1v) is 8.15. The van der Waals surface area contributed by atoms with Gasteiger partial charge in [-0.2, -0.15) is 0 Å². The van der Waals surface area contributed by atoms with Gasteiger partial charge >= 0.3 is 5.97 Å². The SMILES string of the molecule is CCOC(=O)[C@H](C[N+](=O)[O-])[C@H]1CCCN(Cc2ccccc2)C1. The normalized spacial score (nSPS) is 20.0. The molecular weight excluding hydrogens is 296 g/mol. The first kappa shape index (κ1) is 17.4. The lowest BCUT2D eigenvalue weighted by atomic mass is 9.85. The summed E-state index contributed by atoms with van der Waals surface area (Å²) in [4.78, 5) is 24.9. The van der Waals surface area contributed by atoms with Crippen LogP contribution in [-0.4, -0.2) is 42.0 Å². The van der Waals surface area contributed by atoms with E-state index in [1.54, 1.807) is 6.92 Å². The summed E-state index contributed by atoms with van der Waals surface area (Å²) in [7, 11) is 0. The zero-order chi connectivity index (χ0) is 16.7. The van der Waals surface area contributed by atoms with Crippen molar-refractivity contribution in [3.8, 4) is 0 Å². The summed E-state index contributed by atoms with van der Waals surface area (Å²) in [6.45, 7) is 4.11. The molecule has 0 unspecified atom stereocenters. The van der Waals surface area contributed by atoms with Crippen LogP contribution >= 0.6 is 0 Å². The molecule has 6 heteroatoms. The van der Waals surface area contributed by atoms with Crippen molar-refractivity contribution >= 4 is 5.97 Å². The second-order valence-corrected chi connectivity index (χ2v) is 6.00. The maximum absolute atomic E-state index is 12.1. The van der Waals surface area contributed by atoms with Gasteiger partial charge in [0.1, 0.15) is 5.92 Å². The van der Waals surface area contributed by atoms with Crippen molar-refractivity contribution in [2.45, 2.75) is 26.3 Å². The van der Waals surface area contributed by atoms with Crippen molar-refractivity contribution in [1.82, 2.24) is 4.90 Å². The number of hydrogen-bond donors (Lipinski definition) is 0. The molecule has 0 amide bonds. The van der Waals surface area contributed by atoms with Crippen LogP contribution < -0.4 is 0 Å². The summed E-state index contributed by atoms with van der Waals surface area (Å²) in [5.41, 5.74) is 1.22. The molecule has 1 fully saturated rings. The minimum absolute atomic E-state index is 0.0167. The Kier molecular flexibility index (Phi) is 6.52. The van der Waals surface area contributed by atoms with E-state index in [0.29, 0.717) is 6.54 Å². The number of piperidine rings is 1. The predicted molar refractivity (Wildman–Crippen MR) is 86.4 cm³/mol. The smallest absolute Gasteiger partial charge is 0.315 e. The van der Waals surface area contributed by atoms with Crippen LogP contribution in [0.5, 0.6) is 0 Å². The summed E-state index contributed by atoms with van der Waals surface area (Å²) in [6.07, 6.45) is 1.79. The number of carbonyl (C=O) groups is 1. The number of ether oxygens (including phenoxy) is 1. The van der Waals surface area contributed by atoms with Crippen LogP contribution in [0.25, 0.3) is 0 Å². The Morgan fingerprint density at radius 1 is 1.43 bits per heavy atom. The zero-order valence-corrected chi connectivity index (χ0v) is 13.5. The van der Waals surface area contributed by atoms with Gasteiger partial charge in [0.05, 0.1) is 6.61 Å².